The highest BCUT2D eigenvalue weighted by molar-refractivity contribution is 8.14. The number of aryl methyl sites for hydroxylation is 3. The normalized spacial score (nSPS) is 20.3. The maximum atomic E-state index is 4.60. The van der Waals surface area contributed by atoms with Crippen LogP contribution in [-0.4, -0.2) is 32.8 Å². The first-order valence-electron chi connectivity index (χ1n) is 6.43. The van der Waals surface area contributed by atoms with Crippen molar-refractivity contribution in [3.8, 4) is 0 Å². The predicted molar refractivity (Wildman–Crippen MR) is 78.3 cm³/mol. The van der Waals surface area contributed by atoms with Crippen molar-refractivity contribution in [1.29, 1.82) is 0 Å². The Labute approximate surface area is 113 Å². The van der Waals surface area contributed by atoms with E-state index in [2.05, 4.69) is 46.9 Å². The van der Waals surface area contributed by atoms with Crippen molar-refractivity contribution >= 4 is 16.9 Å². The Kier molecular flexibility index (Phi) is 4.00. The Morgan fingerprint density at radius 1 is 1.50 bits per heavy atom. The zero-order valence-corrected chi connectivity index (χ0v) is 12.5. The van der Waals surface area contributed by atoms with Gasteiger partial charge in [-0.3, -0.25) is 9.67 Å². The minimum Gasteiger partial charge on any atom is -0.359 e. The second-order valence-corrected chi connectivity index (χ2v) is 6.45. The highest BCUT2D eigenvalue weighted by atomic mass is 32.2. The third-order valence-corrected chi connectivity index (χ3v) is 4.27. The molecule has 1 aromatic rings. The van der Waals surface area contributed by atoms with Gasteiger partial charge in [-0.25, -0.2) is 0 Å². The van der Waals surface area contributed by atoms with Crippen LogP contribution in [0.2, 0.25) is 0 Å². The van der Waals surface area contributed by atoms with Crippen LogP contribution in [0.3, 0.4) is 0 Å². The molecular weight excluding hydrogens is 244 g/mol. The lowest BCUT2D eigenvalue weighted by Crippen LogP contribution is -2.36. The number of hydrogen-bond donors (Lipinski definition) is 1. The number of nitrogens with one attached hydrogen (secondary N) is 1. The molecule has 1 saturated heterocycles. The Morgan fingerprint density at radius 3 is 2.83 bits per heavy atom. The fourth-order valence-corrected chi connectivity index (χ4v) is 3.10. The Balaban J connectivity index is 1.77. The summed E-state index contributed by atoms with van der Waals surface area (Å²) in [4.78, 5) is 4.60. The first-order chi connectivity index (χ1) is 8.46. The third-order valence-electron chi connectivity index (χ3n) is 2.90. The zero-order chi connectivity index (χ0) is 13.2. The van der Waals surface area contributed by atoms with Gasteiger partial charge in [0.25, 0.3) is 0 Å². The van der Waals surface area contributed by atoms with Crippen LogP contribution in [0, 0.1) is 13.8 Å². The monoisotopic (exact) mass is 266 g/mol. The van der Waals surface area contributed by atoms with Crippen molar-refractivity contribution in [3.63, 3.8) is 0 Å². The van der Waals surface area contributed by atoms with E-state index in [1.165, 1.54) is 5.69 Å². The van der Waals surface area contributed by atoms with Crippen LogP contribution in [-0.2, 0) is 6.54 Å². The number of hydrogen-bond acceptors (Lipinski definition) is 3. The number of nitrogens with zero attached hydrogens (tertiary/aromatic N) is 3. The highest BCUT2D eigenvalue weighted by Crippen LogP contribution is 2.21. The molecule has 0 aliphatic carbocycles. The molecule has 1 fully saturated rings. The van der Waals surface area contributed by atoms with Gasteiger partial charge in [0.05, 0.1) is 5.69 Å². The molecule has 0 atom stereocenters. The molecule has 1 aromatic heterocycles. The number of aliphatic imine (C=N–C) groups is 1. The van der Waals surface area contributed by atoms with Crippen LogP contribution in [0.15, 0.2) is 11.1 Å². The largest absolute Gasteiger partial charge is 0.359 e. The van der Waals surface area contributed by atoms with Gasteiger partial charge < -0.3 is 5.32 Å². The molecule has 4 nitrogen and oxygen atoms in total. The highest BCUT2D eigenvalue weighted by Gasteiger charge is 2.26. The van der Waals surface area contributed by atoms with Gasteiger partial charge in [-0.15, -0.1) is 0 Å². The molecule has 0 amide bonds. The maximum Gasteiger partial charge on any atom is 0.157 e. The van der Waals surface area contributed by atoms with Gasteiger partial charge in [-0.1, -0.05) is 11.8 Å². The summed E-state index contributed by atoms with van der Waals surface area (Å²) in [5.74, 6) is 1.10. The van der Waals surface area contributed by atoms with E-state index in [1.807, 2.05) is 18.7 Å². The molecule has 0 unspecified atom stereocenters. The Hall–Kier alpha value is -0.970. The van der Waals surface area contributed by atoms with Crippen LogP contribution in [0.1, 0.15) is 31.7 Å². The maximum absolute atomic E-state index is 4.60. The minimum atomic E-state index is 0.194. The average Bonchev–Trinajstić information content (AvgIpc) is 2.77. The van der Waals surface area contributed by atoms with E-state index >= 15 is 0 Å². The summed E-state index contributed by atoms with van der Waals surface area (Å²) in [6, 6.07) is 2.11. The fourth-order valence-electron chi connectivity index (χ4n) is 2.00. The fraction of sp³-hybridized carbons (Fsp3) is 0.692. The van der Waals surface area contributed by atoms with Gasteiger partial charge in [0, 0.05) is 30.1 Å². The Morgan fingerprint density at radius 2 is 2.28 bits per heavy atom. The van der Waals surface area contributed by atoms with Crippen LogP contribution in [0.4, 0.5) is 0 Å². The van der Waals surface area contributed by atoms with E-state index in [1.54, 1.807) is 0 Å². The smallest absolute Gasteiger partial charge is 0.157 e. The summed E-state index contributed by atoms with van der Waals surface area (Å²) in [6.45, 7) is 10.4. The second-order valence-electron chi connectivity index (χ2n) is 5.49. The molecule has 2 heterocycles. The first kappa shape index (κ1) is 13.5. The van der Waals surface area contributed by atoms with Gasteiger partial charge in [0.15, 0.2) is 5.17 Å². The lowest BCUT2D eigenvalue weighted by atomic mass is 10.1. The Bertz CT molecular complexity index is 448. The molecule has 0 radical (unpaired) electrons. The van der Waals surface area contributed by atoms with E-state index in [0.29, 0.717) is 0 Å². The molecule has 0 bridgehead atoms. The van der Waals surface area contributed by atoms with E-state index in [4.69, 9.17) is 0 Å². The summed E-state index contributed by atoms with van der Waals surface area (Å²) >= 11 is 1.82. The average molecular weight is 266 g/mol. The van der Waals surface area contributed by atoms with Gasteiger partial charge in [0.2, 0.25) is 0 Å². The summed E-state index contributed by atoms with van der Waals surface area (Å²) in [5, 5.41) is 8.98. The van der Waals surface area contributed by atoms with Crippen molar-refractivity contribution in [1.82, 2.24) is 15.1 Å². The van der Waals surface area contributed by atoms with Crippen LogP contribution in [0.25, 0.3) is 0 Å². The van der Waals surface area contributed by atoms with Crippen LogP contribution < -0.4 is 5.32 Å². The number of rotatable bonds is 4. The van der Waals surface area contributed by atoms with E-state index in [9.17, 15) is 0 Å². The number of aromatic nitrogens is 2. The molecule has 5 heteroatoms. The molecule has 18 heavy (non-hydrogen) atoms. The quantitative estimate of drug-likeness (QED) is 0.851. The van der Waals surface area contributed by atoms with Gasteiger partial charge in [0.1, 0.15) is 0 Å². The van der Waals surface area contributed by atoms with Gasteiger partial charge in [-0.05, 0) is 40.2 Å². The first-order valence-corrected chi connectivity index (χ1v) is 7.41. The summed E-state index contributed by atoms with van der Waals surface area (Å²) in [6.07, 6.45) is 1.04. The molecule has 0 aromatic carbocycles. The summed E-state index contributed by atoms with van der Waals surface area (Å²) < 4.78 is 2.06. The molecule has 1 N–H and O–H groups in total. The van der Waals surface area contributed by atoms with Crippen molar-refractivity contribution in [2.24, 2.45) is 4.99 Å². The standard InChI is InChI=1S/C13H22N4S/c1-10-8-11(2)17(16-10)7-5-6-14-12-15-13(3,4)9-18-12/h8H,5-7,9H2,1-4H3,(H,14,15). The van der Waals surface area contributed by atoms with Crippen molar-refractivity contribution < 1.29 is 0 Å². The van der Waals surface area contributed by atoms with E-state index in [0.717, 1.165) is 36.1 Å². The van der Waals surface area contributed by atoms with Crippen molar-refractivity contribution in [3.05, 3.63) is 17.5 Å². The molecule has 100 valence electrons. The molecular formula is C13H22N4S. The van der Waals surface area contributed by atoms with Crippen molar-refractivity contribution in [2.75, 3.05) is 12.3 Å². The second kappa shape index (κ2) is 5.34. The molecule has 1 aliphatic rings. The van der Waals surface area contributed by atoms with Crippen LogP contribution in [0.5, 0.6) is 0 Å². The SMILES string of the molecule is Cc1cc(C)n(CCCN=C2NC(C)(C)CS2)n1. The van der Waals surface area contributed by atoms with Gasteiger partial charge >= 0.3 is 0 Å². The lowest BCUT2D eigenvalue weighted by Gasteiger charge is -2.15. The lowest BCUT2D eigenvalue weighted by molar-refractivity contribution is 0.534. The topological polar surface area (TPSA) is 42.2 Å². The molecule has 0 spiro atoms. The third kappa shape index (κ3) is 3.51. The summed E-state index contributed by atoms with van der Waals surface area (Å²) in [5.41, 5.74) is 2.52. The van der Waals surface area contributed by atoms with E-state index in [-0.39, 0.29) is 5.54 Å². The molecule has 0 saturated carbocycles. The molecule has 2 rings (SSSR count). The minimum absolute atomic E-state index is 0.194. The summed E-state index contributed by atoms with van der Waals surface area (Å²) in [7, 11) is 0. The van der Waals surface area contributed by atoms with Crippen molar-refractivity contribution in [2.45, 2.75) is 46.2 Å². The van der Waals surface area contributed by atoms with Crippen LogP contribution >= 0.6 is 11.8 Å². The van der Waals surface area contributed by atoms with Gasteiger partial charge in [-0.2, -0.15) is 5.10 Å². The predicted octanol–water partition coefficient (Wildman–Crippen LogP) is 2.36. The number of amidine groups is 1. The number of thioether (sulfide) groups is 1. The zero-order valence-electron chi connectivity index (χ0n) is 11.7. The van der Waals surface area contributed by atoms with E-state index < -0.39 is 0 Å². The molecule has 1 aliphatic heterocycles.